The van der Waals surface area contributed by atoms with Crippen LogP contribution in [-0.4, -0.2) is 64.9 Å². The third-order valence-corrected chi connectivity index (χ3v) is 4.72. The number of halogens is 1. The first kappa shape index (κ1) is 23.0. The number of nitrogens with zero attached hydrogens (tertiary/aromatic N) is 2. The van der Waals surface area contributed by atoms with Crippen LogP contribution in [0.15, 0.2) is 29.3 Å². The zero-order chi connectivity index (χ0) is 17.9. The fourth-order valence-electron chi connectivity index (χ4n) is 3.03. The lowest BCUT2D eigenvalue weighted by atomic mass is 9.97. The third kappa shape index (κ3) is 8.09. The Hall–Kier alpha value is -1.06. The van der Waals surface area contributed by atoms with Crippen LogP contribution in [-0.2, 0) is 11.3 Å². The van der Waals surface area contributed by atoms with Crippen molar-refractivity contribution >= 4 is 29.9 Å². The number of benzene rings is 1. The summed E-state index contributed by atoms with van der Waals surface area (Å²) in [6.45, 7) is 5.91. The molecule has 0 atom stereocenters. The van der Waals surface area contributed by atoms with Gasteiger partial charge >= 0.3 is 0 Å². The Labute approximate surface area is 174 Å². The summed E-state index contributed by atoms with van der Waals surface area (Å²) >= 11 is 0. The van der Waals surface area contributed by atoms with Crippen LogP contribution in [0.25, 0.3) is 0 Å². The topological polar surface area (TPSA) is 58.1 Å². The van der Waals surface area contributed by atoms with Gasteiger partial charge in [-0.25, -0.2) is 0 Å². The molecule has 1 heterocycles. The van der Waals surface area contributed by atoms with Gasteiger partial charge in [0.25, 0.3) is 0 Å². The number of piperidine rings is 1. The molecule has 26 heavy (non-hydrogen) atoms. The minimum absolute atomic E-state index is 0. The molecule has 1 aromatic rings. The molecule has 7 heteroatoms. The number of nitrogens with one attached hydrogen (secondary N) is 2. The van der Waals surface area contributed by atoms with Crippen LogP contribution in [0.4, 0.5) is 0 Å². The van der Waals surface area contributed by atoms with Crippen LogP contribution < -0.4 is 15.4 Å². The first-order valence-corrected chi connectivity index (χ1v) is 9.04. The van der Waals surface area contributed by atoms with E-state index in [1.807, 2.05) is 19.2 Å². The standard InChI is InChI=1S/C19H32N4O2.HI/c1-20-19(21-14-16-4-6-18(25-3)7-5-16)22-15-17-8-10-23(11-9-17)12-13-24-2;/h4-7,17H,8-15H2,1-3H3,(H2,20,21,22);1H. The van der Waals surface area contributed by atoms with Gasteiger partial charge in [0, 0.05) is 33.8 Å². The lowest BCUT2D eigenvalue weighted by molar-refractivity contribution is 0.121. The van der Waals surface area contributed by atoms with E-state index in [1.54, 1.807) is 14.2 Å². The summed E-state index contributed by atoms with van der Waals surface area (Å²) in [5.41, 5.74) is 1.20. The van der Waals surface area contributed by atoms with Crippen LogP contribution in [0.1, 0.15) is 18.4 Å². The molecule has 0 spiro atoms. The molecule has 1 saturated heterocycles. The molecule has 0 saturated carbocycles. The Bertz CT molecular complexity index is 517. The van der Waals surface area contributed by atoms with Crippen LogP contribution in [0.3, 0.4) is 0 Å². The van der Waals surface area contributed by atoms with Crippen LogP contribution in [0.2, 0.25) is 0 Å². The first-order valence-electron chi connectivity index (χ1n) is 9.04. The van der Waals surface area contributed by atoms with E-state index in [2.05, 4.69) is 32.7 Å². The Kier molecular flexibility index (Phi) is 11.6. The summed E-state index contributed by atoms with van der Waals surface area (Å²) in [4.78, 5) is 6.80. The number of guanidine groups is 1. The van der Waals surface area contributed by atoms with Gasteiger partial charge in [-0.3, -0.25) is 4.99 Å². The van der Waals surface area contributed by atoms with Gasteiger partial charge in [0.05, 0.1) is 13.7 Å². The summed E-state index contributed by atoms with van der Waals surface area (Å²) in [6, 6.07) is 8.08. The van der Waals surface area contributed by atoms with Crippen molar-refractivity contribution in [3.63, 3.8) is 0 Å². The number of likely N-dealkylation sites (tertiary alicyclic amines) is 1. The predicted molar refractivity (Wildman–Crippen MR) is 118 cm³/mol. The summed E-state index contributed by atoms with van der Waals surface area (Å²) in [6.07, 6.45) is 2.46. The summed E-state index contributed by atoms with van der Waals surface area (Å²) in [5.74, 6) is 2.44. The quantitative estimate of drug-likeness (QED) is 0.343. The highest BCUT2D eigenvalue weighted by Gasteiger charge is 2.18. The highest BCUT2D eigenvalue weighted by Crippen LogP contribution is 2.16. The van der Waals surface area contributed by atoms with Crippen molar-refractivity contribution in [1.29, 1.82) is 0 Å². The van der Waals surface area contributed by atoms with E-state index in [0.717, 1.165) is 51.0 Å². The lowest BCUT2D eigenvalue weighted by Gasteiger charge is -2.32. The molecular weight excluding hydrogens is 443 g/mol. The molecule has 1 aromatic carbocycles. The number of hydrogen-bond acceptors (Lipinski definition) is 4. The highest BCUT2D eigenvalue weighted by atomic mass is 127. The Balaban J connectivity index is 0.00000338. The van der Waals surface area contributed by atoms with Crippen molar-refractivity contribution in [1.82, 2.24) is 15.5 Å². The van der Waals surface area contributed by atoms with E-state index in [1.165, 1.54) is 18.4 Å². The van der Waals surface area contributed by atoms with E-state index < -0.39 is 0 Å². The summed E-state index contributed by atoms with van der Waals surface area (Å²) in [5, 5.41) is 6.83. The normalized spacial score (nSPS) is 16.0. The molecule has 2 rings (SSSR count). The minimum atomic E-state index is 0. The molecule has 6 nitrogen and oxygen atoms in total. The smallest absolute Gasteiger partial charge is 0.191 e. The molecule has 0 radical (unpaired) electrons. The summed E-state index contributed by atoms with van der Waals surface area (Å²) < 4.78 is 10.3. The van der Waals surface area contributed by atoms with Crippen molar-refractivity contribution < 1.29 is 9.47 Å². The largest absolute Gasteiger partial charge is 0.497 e. The van der Waals surface area contributed by atoms with Crippen molar-refractivity contribution in [3.05, 3.63) is 29.8 Å². The zero-order valence-corrected chi connectivity index (χ0v) is 18.5. The predicted octanol–water partition coefficient (Wildman–Crippen LogP) is 2.34. The van der Waals surface area contributed by atoms with E-state index in [-0.39, 0.29) is 24.0 Å². The van der Waals surface area contributed by atoms with Crippen LogP contribution in [0, 0.1) is 5.92 Å². The molecule has 0 unspecified atom stereocenters. The Morgan fingerprint density at radius 2 is 1.85 bits per heavy atom. The van der Waals surface area contributed by atoms with Gasteiger partial charge in [-0.15, -0.1) is 24.0 Å². The van der Waals surface area contributed by atoms with Crippen LogP contribution >= 0.6 is 24.0 Å². The fourth-order valence-corrected chi connectivity index (χ4v) is 3.03. The number of ether oxygens (including phenoxy) is 2. The second-order valence-electron chi connectivity index (χ2n) is 6.43. The van der Waals surface area contributed by atoms with Gasteiger partial charge in [0.1, 0.15) is 5.75 Å². The molecule has 1 fully saturated rings. The highest BCUT2D eigenvalue weighted by molar-refractivity contribution is 14.0. The van der Waals surface area contributed by atoms with Gasteiger partial charge in [-0.05, 0) is 49.5 Å². The average Bonchev–Trinajstić information content (AvgIpc) is 2.67. The molecule has 148 valence electrons. The van der Waals surface area contributed by atoms with Crippen molar-refractivity contribution in [2.45, 2.75) is 19.4 Å². The van der Waals surface area contributed by atoms with Gasteiger partial charge in [0.15, 0.2) is 5.96 Å². The SMILES string of the molecule is CN=C(NCc1ccc(OC)cc1)NCC1CCN(CCOC)CC1.I. The molecule has 0 bridgehead atoms. The van der Waals surface area contributed by atoms with E-state index in [0.29, 0.717) is 5.92 Å². The van der Waals surface area contributed by atoms with Gasteiger partial charge in [-0.1, -0.05) is 12.1 Å². The number of methoxy groups -OCH3 is 2. The summed E-state index contributed by atoms with van der Waals surface area (Å²) in [7, 11) is 5.26. The number of rotatable bonds is 8. The molecule has 1 aliphatic rings. The Morgan fingerprint density at radius 1 is 1.15 bits per heavy atom. The first-order chi connectivity index (χ1) is 12.2. The third-order valence-electron chi connectivity index (χ3n) is 4.72. The van der Waals surface area contributed by atoms with Crippen molar-refractivity contribution in [2.75, 3.05) is 54.1 Å². The Morgan fingerprint density at radius 3 is 2.42 bits per heavy atom. The molecule has 1 aliphatic heterocycles. The van der Waals surface area contributed by atoms with Crippen LogP contribution in [0.5, 0.6) is 5.75 Å². The van der Waals surface area contributed by atoms with E-state index in [4.69, 9.17) is 9.47 Å². The van der Waals surface area contributed by atoms with Crippen molar-refractivity contribution in [2.24, 2.45) is 10.9 Å². The number of aliphatic imine (C=N–C) groups is 1. The van der Waals surface area contributed by atoms with E-state index in [9.17, 15) is 0 Å². The van der Waals surface area contributed by atoms with Gasteiger partial charge in [0.2, 0.25) is 0 Å². The number of hydrogen-bond donors (Lipinski definition) is 2. The lowest BCUT2D eigenvalue weighted by Crippen LogP contribution is -2.43. The molecule has 0 aromatic heterocycles. The molecule has 0 aliphatic carbocycles. The second-order valence-corrected chi connectivity index (χ2v) is 6.43. The monoisotopic (exact) mass is 476 g/mol. The van der Waals surface area contributed by atoms with Gasteiger partial charge < -0.3 is 25.0 Å². The van der Waals surface area contributed by atoms with Crippen molar-refractivity contribution in [3.8, 4) is 5.75 Å². The molecule has 2 N–H and O–H groups in total. The van der Waals surface area contributed by atoms with Gasteiger partial charge in [-0.2, -0.15) is 0 Å². The zero-order valence-electron chi connectivity index (χ0n) is 16.2. The molecular formula is C19H33IN4O2. The minimum Gasteiger partial charge on any atom is -0.497 e. The second kappa shape index (κ2) is 13.2. The van der Waals surface area contributed by atoms with E-state index >= 15 is 0 Å². The average molecular weight is 476 g/mol. The maximum atomic E-state index is 5.18. The maximum Gasteiger partial charge on any atom is 0.191 e. The maximum absolute atomic E-state index is 5.18. The fraction of sp³-hybridized carbons (Fsp3) is 0.632. The molecule has 0 amide bonds.